The van der Waals surface area contributed by atoms with Crippen molar-refractivity contribution >= 4 is 5.91 Å². The highest BCUT2D eigenvalue weighted by Crippen LogP contribution is 2.38. The summed E-state index contributed by atoms with van der Waals surface area (Å²) in [7, 11) is 1.76. The van der Waals surface area contributed by atoms with Gasteiger partial charge in [0, 0.05) is 31.1 Å². The predicted octanol–water partition coefficient (Wildman–Crippen LogP) is 5.02. The van der Waals surface area contributed by atoms with Gasteiger partial charge in [0.15, 0.2) is 11.5 Å². The Bertz CT molecular complexity index is 979. The first-order chi connectivity index (χ1) is 16.1. The number of fused-ring (bicyclic) bond motifs is 1. The van der Waals surface area contributed by atoms with Crippen molar-refractivity contribution in [2.75, 3.05) is 20.3 Å². The summed E-state index contributed by atoms with van der Waals surface area (Å²) in [5.74, 6) is 3.14. The van der Waals surface area contributed by atoms with Gasteiger partial charge in [-0.25, -0.2) is 0 Å². The van der Waals surface area contributed by atoms with E-state index in [1.54, 1.807) is 7.11 Å². The summed E-state index contributed by atoms with van der Waals surface area (Å²) in [6, 6.07) is 13.1. The molecule has 3 aliphatic rings. The van der Waals surface area contributed by atoms with E-state index in [9.17, 15) is 4.79 Å². The number of hydrogen-bond acceptors (Lipinski definition) is 4. The molecule has 0 radical (unpaired) electrons. The van der Waals surface area contributed by atoms with Crippen LogP contribution in [0.1, 0.15) is 67.3 Å². The Morgan fingerprint density at radius 2 is 1.91 bits per heavy atom. The molecule has 0 spiro atoms. The quantitative estimate of drug-likeness (QED) is 0.555. The van der Waals surface area contributed by atoms with Crippen LogP contribution in [-0.2, 0) is 24.3 Å². The minimum Gasteiger partial charge on any atom is -0.493 e. The van der Waals surface area contributed by atoms with Gasteiger partial charge in [-0.15, -0.1) is 0 Å². The van der Waals surface area contributed by atoms with E-state index in [0.717, 1.165) is 74.9 Å². The Hall–Kier alpha value is -2.53. The van der Waals surface area contributed by atoms with Crippen molar-refractivity contribution in [2.45, 2.75) is 64.6 Å². The topological polar surface area (TPSA) is 50.8 Å². The molecule has 2 aromatic rings. The number of methoxy groups -OCH3 is 1. The number of nitrogens with zero attached hydrogens (tertiary/aromatic N) is 1. The zero-order valence-corrected chi connectivity index (χ0v) is 19.9. The molecule has 2 aromatic carbocycles. The second kappa shape index (κ2) is 9.76. The van der Waals surface area contributed by atoms with Crippen molar-refractivity contribution in [3.63, 3.8) is 0 Å². The first-order valence-electron chi connectivity index (χ1n) is 12.5. The fraction of sp³-hybridized carbons (Fsp3) is 0.536. The monoisotopic (exact) mass is 448 g/mol. The summed E-state index contributed by atoms with van der Waals surface area (Å²) in [5, 5.41) is 3.13. The van der Waals surface area contributed by atoms with Gasteiger partial charge in [0.05, 0.1) is 19.8 Å². The summed E-state index contributed by atoms with van der Waals surface area (Å²) in [5.41, 5.74) is 5.10. The average Bonchev–Trinajstić information content (AvgIpc) is 3.73. The molecule has 1 N–H and O–H groups in total. The molecule has 5 nitrogen and oxygen atoms in total. The van der Waals surface area contributed by atoms with Gasteiger partial charge < -0.3 is 14.8 Å². The van der Waals surface area contributed by atoms with E-state index in [2.05, 4.69) is 53.5 Å². The molecule has 1 aliphatic heterocycles. The van der Waals surface area contributed by atoms with Crippen molar-refractivity contribution in [3.8, 4) is 11.5 Å². The molecule has 0 aromatic heterocycles. The fourth-order valence-electron chi connectivity index (χ4n) is 4.80. The lowest BCUT2D eigenvalue weighted by Crippen LogP contribution is -2.30. The normalized spacial score (nSPS) is 19.0. The summed E-state index contributed by atoms with van der Waals surface area (Å²) in [4.78, 5) is 14.5. The molecule has 2 aliphatic carbocycles. The van der Waals surface area contributed by atoms with Crippen LogP contribution in [0, 0.1) is 11.8 Å². The van der Waals surface area contributed by atoms with Crippen LogP contribution in [0.15, 0.2) is 36.4 Å². The zero-order valence-electron chi connectivity index (χ0n) is 19.9. The molecular formula is C28H36N2O3. The standard InChI is InChI=1S/C28H36N2O3/c1-19(29-28(31)23-9-10-23)22-7-5-21(6-8-22)17-30-15-13-25-24(18-30)11-12-26(27(25)32-2)33-16-14-20-3-4-20/h5-8,11-12,19-20,23H,3-4,9-10,13-18H2,1-2H3,(H,29,31)/t19-/m0/s1. The van der Waals surface area contributed by atoms with E-state index >= 15 is 0 Å². The molecule has 0 unspecified atom stereocenters. The molecule has 176 valence electrons. The molecule has 33 heavy (non-hydrogen) atoms. The Morgan fingerprint density at radius 3 is 2.61 bits per heavy atom. The van der Waals surface area contributed by atoms with Crippen LogP contribution in [0.4, 0.5) is 0 Å². The molecule has 2 fully saturated rings. The van der Waals surface area contributed by atoms with Gasteiger partial charge in [-0.05, 0) is 61.3 Å². The van der Waals surface area contributed by atoms with Crippen LogP contribution < -0.4 is 14.8 Å². The highest BCUT2D eigenvalue weighted by molar-refractivity contribution is 5.81. The molecule has 0 saturated heterocycles. The van der Waals surface area contributed by atoms with E-state index in [-0.39, 0.29) is 17.9 Å². The highest BCUT2D eigenvalue weighted by atomic mass is 16.5. The van der Waals surface area contributed by atoms with Crippen molar-refractivity contribution in [2.24, 2.45) is 11.8 Å². The number of carbonyl (C=O) groups excluding carboxylic acids is 1. The largest absolute Gasteiger partial charge is 0.493 e. The smallest absolute Gasteiger partial charge is 0.223 e. The summed E-state index contributed by atoms with van der Waals surface area (Å²) in [6.07, 6.45) is 6.92. The van der Waals surface area contributed by atoms with E-state index in [0.29, 0.717) is 0 Å². The summed E-state index contributed by atoms with van der Waals surface area (Å²) in [6.45, 7) is 5.69. The third kappa shape index (κ3) is 5.52. The van der Waals surface area contributed by atoms with Gasteiger partial charge in [-0.2, -0.15) is 0 Å². The predicted molar refractivity (Wildman–Crippen MR) is 129 cm³/mol. The Balaban J connectivity index is 1.18. The van der Waals surface area contributed by atoms with Gasteiger partial charge in [-0.1, -0.05) is 43.2 Å². The molecule has 1 atom stereocenters. The Labute approximate surface area is 197 Å². The fourth-order valence-corrected chi connectivity index (χ4v) is 4.80. The number of nitrogens with one attached hydrogen (secondary N) is 1. The van der Waals surface area contributed by atoms with Crippen LogP contribution in [0.25, 0.3) is 0 Å². The zero-order chi connectivity index (χ0) is 22.8. The van der Waals surface area contributed by atoms with Crippen LogP contribution in [0.5, 0.6) is 11.5 Å². The summed E-state index contributed by atoms with van der Waals surface area (Å²) >= 11 is 0. The second-order valence-electron chi connectivity index (χ2n) is 10.0. The third-order valence-electron chi connectivity index (χ3n) is 7.27. The van der Waals surface area contributed by atoms with Crippen LogP contribution in [0.3, 0.4) is 0 Å². The molecule has 1 heterocycles. The lowest BCUT2D eigenvalue weighted by molar-refractivity contribution is -0.122. The van der Waals surface area contributed by atoms with E-state index in [4.69, 9.17) is 9.47 Å². The number of amides is 1. The number of ether oxygens (including phenoxy) is 2. The molecular weight excluding hydrogens is 412 g/mol. The second-order valence-corrected chi connectivity index (χ2v) is 10.0. The van der Waals surface area contributed by atoms with Crippen molar-refractivity contribution < 1.29 is 14.3 Å². The van der Waals surface area contributed by atoms with E-state index in [1.165, 1.54) is 29.5 Å². The first kappa shape index (κ1) is 22.3. The highest BCUT2D eigenvalue weighted by Gasteiger charge is 2.30. The first-order valence-corrected chi connectivity index (χ1v) is 12.5. The molecule has 0 bridgehead atoms. The van der Waals surface area contributed by atoms with Gasteiger partial charge in [-0.3, -0.25) is 9.69 Å². The number of rotatable bonds is 10. The van der Waals surface area contributed by atoms with Gasteiger partial charge in [0.2, 0.25) is 5.91 Å². The molecule has 5 rings (SSSR count). The van der Waals surface area contributed by atoms with Crippen molar-refractivity contribution in [1.29, 1.82) is 0 Å². The average molecular weight is 449 g/mol. The third-order valence-corrected chi connectivity index (χ3v) is 7.27. The number of carbonyl (C=O) groups is 1. The van der Waals surface area contributed by atoms with Crippen molar-refractivity contribution in [3.05, 3.63) is 58.7 Å². The Kier molecular flexibility index (Phi) is 6.59. The lowest BCUT2D eigenvalue weighted by Gasteiger charge is -2.30. The Morgan fingerprint density at radius 1 is 1.12 bits per heavy atom. The molecule has 5 heteroatoms. The molecule has 2 saturated carbocycles. The molecule has 1 amide bonds. The maximum atomic E-state index is 12.0. The van der Waals surface area contributed by atoms with E-state index < -0.39 is 0 Å². The number of hydrogen-bond donors (Lipinski definition) is 1. The van der Waals surface area contributed by atoms with Crippen LogP contribution in [-0.4, -0.2) is 31.1 Å². The SMILES string of the molecule is COc1c(OCCC2CC2)ccc2c1CCN(Cc1ccc([C@H](C)NC(=O)C3CC3)cc1)C2. The van der Waals surface area contributed by atoms with Gasteiger partial charge in [0.1, 0.15) is 0 Å². The minimum absolute atomic E-state index is 0.0576. The van der Waals surface area contributed by atoms with Gasteiger partial charge in [0.25, 0.3) is 0 Å². The maximum absolute atomic E-state index is 12.0. The van der Waals surface area contributed by atoms with Crippen LogP contribution in [0.2, 0.25) is 0 Å². The van der Waals surface area contributed by atoms with Gasteiger partial charge >= 0.3 is 0 Å². The van der Waals surface area contributed by atoms with E-state index in [1.807, 2.05) is 0 Å². The number of benzene rings is 2. The van der Waals surface area contributed by atoms with Crippen molar-refractivity contribution in [1.82, 2.24) is 10.2 Å². The lowest BCUT2D eigenvalue weighted by atomic mass is 9.97. The minimum atomic E-state index is 0.0576. The maximum Gasteiger partial charge on any atom is 0.223 e. The van der Waals surface area contributed by atoms with Crippen LogP contribution >= 0.6 is 0 Å². The summed E-state index contributed by atoms with van der Waals surface area (Å²) < 4.78 is 11.9.